The Labute approximate surface area is 333 Å². The van der Waals surface area contributed by atoms with E-state index in [0.717, 1.165) is 5.56 Å². The van der Waals surface area contributed by atoms with Gasteiger partial charge in [-0.05, 0) is 101 Å². The van der Waals surface area contributed by atoms with Gasteiger partial charge in [0.25, 0.3) is 0 Å². The van der Waals surface area contributed by atoms with Crippen LogP contribution in [0.3, 0.4) is 0 Å². The Morgan fingerprint density at radius 3 is 1.38 bits per heavy atom. The number of benzene rings is 1. The lowest BCUT2D eigenvalue weighted by atomic mass is 10.1. The van der Waals surface area contributed by atoms with Gasteiger partial charge >= 0.3 is 23.9 Å². The molecule has 0 aliphatic carbocycles. The van der Waals surface area contributed by atoms with E-state index >= 15 is 0 Å². The number of imidazole rings is 1. The van der Waals surface area contributed by atoms with E-state index in [1.165, 1.54) is 10.9 Å². The highest BCUT2D eigenvalue weighted by Gasteiger charge is 2.26. The zero-order valence-corrected chi connectivity index (χ0v) is 35.9. The molecule has 1 saturated heterocycles. The molecule has 2 heterocycles. The van der Waals surface area contributed by atoms with E-state index < -0.39 is 22.4 Å². The number of anilines is 1. The molecule has 56 heavy (non-hydrogen) atoms. The molecule has 314 valence electrons. The van der Waals surface area contributed by atoms with Crippen molar-refractivity contribution in [1.82, 2.24) is 29.2 Å². The third kappa shape index (κ3) is 18.7. The smallest absolute Gasteiger partial charge is 0.331 e. The maximum atomic E-state index is 13.2. The van der Waals surface area contributed by atoms with Crippen molar-refractivity contribution in [3.63, 3.8) is 0 Å². The minimum absolute atomic E-state index is 0.0637. The Hall–Kier alpha value is -4.05. The summed E-state index contributed by atoms with van der Waals surface area (Å²) in [6.45, 7) is 27.2. The quantitative estimate of drug-likeness (QED) is 0.258. The highest BCUT2D eigenvalue weighted by molar-refractivity contribution is 5.91. The Balaban J connectivity index is 1.97. The number of ether oxygens (including phenoxy) is 4. The summed E-state index contributed by atoms with van der Waals surface area (Å²) in [4.78, 5) is 64.6. The maximum absolute atomic E-state index is 13.2. The van der Waals surface area contributed by atoms with E-state index in [0.29, 0.717) is 70.3 Å². The van der Waals surface area contributed by atoms with E-state index in [9.17, 15) is 19.2 Å². The molecule has 1 N–H and O–H groups in total. The molecule has 15 nitrogen and oxygen atoms in total. The number of esters is 3. The van der Waals surface area contributed by atoms with Gasteiger partial charge in [-0.25, -0.2) is 9.78 Å². The van der Waals surface area contributed by atoms with Crippen LogP contribution in [0.2, 0.25) is 0 Å². The molecule has 0 spiro atoms. The zero-order valence-electron chi connectivity index (χ0n) is 35.9. The molecule has 1 aliphatic rings. The standard InChI is InChI=1S/C41H67N7O8/c1-38(2,3)53-33-14-13-32(43-37(52)48-16-15-42-30-48)25-31(33)26-44-17-19-45(27-34(49)54-39(4,5)6)21-23-47(29-36(51)56-41(10,11)12)24-22-46(20-18-44)28-35(50)55-40(7,8)9/h13-16,25,30H,17-24,26-29H2,1-12H3,(H,43,52). The monoisotopic (exact) mass is 786 g/mol. The summed E-state index contributed by atoms with van der Waals surface area (Å²) in [5, 5.41) is 2.95. The van der Waals surface area contributed by atoms with Crippen molar-refractivity contribution in [2.75, 3.05) is 77.3 Å². The number of hydrogen-bond acceptors (Lipinski definition) is 13. The average molecular weight is 786 g/mol. The predicted molar refractivity (Wildman–Crippen MR) is 216 cm³/mol. The van der Waals surface area contributed by atoms with Crippen LogP contribution in [0.15, 0.2) is 36.9 Å². The van der Waals surface area contributed by atoms with Gasteiger partial charge < -0.3 is 24.3 Å². The number of amides is 1. The van der Waals surface area contributed by atoms with Gasteiger partial charge in [-0.3, -0.25) is 38.6 Å². The summed E-state index contributed by atoms with van der Waals surface area (Å²) in [7, 11) is 0. The highest BCUT2D eigenvalue weighted by Crippen LogP contribution is 2.28. The molecule has 1 aromatic carbocycles. The number of rotatable bonds is 10. The van der Waals surface area contributed by atoms with Crippen LogP contribution in [0.5, 0.6) is 5.75 Å². The molecular weight excluding hydrogens is 718 g/mol. The minimum atomic E-state index is -0.641. The second-order valence-corrected chi connectivity index (χ2v) is 18.3. The average Bonchev–Trinajstić information content (AvgIpc) is 3.55. The molecule has 1 fully saturated rings. The largest absolute Gasteiger partial charge is 0.488 e. The normalized spacial score (nSPS) is 16.6. The van der Waals surface area contributed by atoms with Gasteiger partial charge in [-0.1, -0.05) is 0 Å². The van der Waals surface area contributed by atoms with Crippen molar-refractivity contribution < 1.29 is 38.1 Å². The van der Waals surface area contributed by atoms with Gasteiger partial charge in [-0.2, -0.15) is 0 Å². The van der Waals surface area contributed by atoms with Crippen molar-refractivity contribution in [2.24, 2.45) is 0 Å². The molecule has 0 saturated carbocycles. The van der Waals surface area contributed by atoms with Crippen LogP contribution < -0.4 is 10.1 Å². The van der Waals surface area contributed by atoms with Crippen LogP contribution in [0.25, 0.3) is 0 Å². The van der Waals surface area contributed by atoms with E-state index in [1.807, 2.05) is 106 Å². The summed E-state index contributed by atoms with van der Waals surface area (Å²) in [5.41, 5.74) is -0.955. The molecule has 0 atom stereocenters. The fourth-order valence-corrected chi connectivity index (χ4v) is 5.90. The third-order valence-corrected chi connectivity index (χ3v) is 8.11. The van der Waals surface area contributed by atoms with Crippen molar-refractivity contribution in [1.29, 1.82) is 0 Å². The number of carbonyl (C=O) groups is 4. The number of carbonyl (C=O) groups excluding carboxylic acids is 4. The molecule has 3 rings (SSSR count). The maximum Gasteiger partial charge on any atom is 0.331 e. The van der Waals surface area contributed by atoms with Crippen LogP contribution in [0.4, 0.5) is 10.5 Å². The number of hydrogen-bond donors (Lipinski definition) is 1. The van der Waals surface area contributed by atoms with E-state index in [2.05, 4.69) is 25.0 Å². The van der Waals surface area contributed by atoms with Crippen molar-refractivity contribution in [3.8, 4) is 5.75 Å². The summed E-state index contributed by atoms with van der Waals surface area (Å²) < 4.78 is 24.9. The lowest BCUT2D eigenvalue weighted by Crippen LogP contribution is -2.49. The van der Waals surface area contributed by atoms with E-state index in [-0.39, 0.29) is 43.6 Å². The van der Waals surface area contributed by atoms with Gasteiger partial charge in [0.2, 0.25) is 0 Å². The van der Waals surface area contributed by atoms with Gasteiger partial charge in [0.05, 0.1) is 19.6 Å². The fraction of sp³-hybridized carbons (Fsp3) is 0.683. The lowest BCUT2D eigenvalue weighted by Gasteiger charge is -2.34. The van der Waals surface area contributed by atoms with Crippen molar-refractivity contribution in [2.45, 2.75) is 112 Å². The second kappa shape index (κ2) is 19.9. The van der Waals surface area contributed by atoms with Gasteiger partial charge in [0.15, 0.2) is 0 Å². The van der Waals surface area contributed by atoms with Crippen molar-refractivity contribution in [3.05, 3.63) is 42.5 Å². The lowest BCUT2D eigenvalue weighted by molar-refractivity contribution is -0.158. The van der Waals surface area contributed by atoms with Crippen LogP contribution in [0, 0.1) is 0 Å². The van der Waals surface area contributed by atoms with Gasteiger partial charge in [0.1, 0.15) is 34.5 Å². The van der Waals surface area contributed by atoms with Crippen molar-refractivity contribution >= 4 is 29.6 Å². The predicted octanol–water partition coefficient (Wildman–Crippen LogP) is 4.89. The van der Waals surface area contributed by atoms with Crippen LogP contribution in [-0.4, -0.2) is 147 Å². The molecule has 0 bridgehead atoms. The Morgan fingerprint density at radius 2 is 1.02 bits per heavy atom. The number of nitrogens with one attached hydrogen (secondary N) is 1. The Morgan fingerprint density at radius 1 is 0.607 bits per heavy atom. The first kappa shape index (κ1) is 46.3. The first-order chi connectivity index (χ1) is 25.8. The molecule has 0 unspecified atom stereocenters. The minimum Gasteiger partial charge on any atom is -0.488 e. The number of nitrogens with zero attached hydrogens (tertiary/aromatic N) is 6. The van der Waals surface area contributed by atoms with Crippen LogP contribution >= 0.6 is 0 Å². The summed E-state index contributed by atoms with van der Waals surface area (Å²) in [6.07, 6.45) is 4.55. The summed E-state index contributed by atoms with van der Waals surface area (Å²) in [5.74, 6) is -0.329. The summed E-state index contributed by atoms with van der Waals surface area (Å²) >= 11 is 0. The first-order valence-electron chi connectivity index (χ1n) is 19.5. The Bertz CT molecular complexity index is 1540. The highest BCUT2D eigenvalue weighted by atomic mass is 16.6. The van der Waals surface area contributed by atoms with Crippen LogP contribution in [0.1, 0.15) is 88.6 Å². The van der Waals surface area contributed by atoms with Gasteiger partial charge in [0, 0.05) is 82.5 Å². The van der Waals surface area contributed by atoms with E-state index in [1.54, 1.807) is 12.4 Å². The molecule has 1 aromatic heterocycles. The summed E-state index contributed by atoms with van der Waals surface area (Å²) in [6, 6.07) is 5.24. The molecule has 15 heteroatoms. The third-order valence-electron chi connectivity index (χ3n) is 8.11. The van der Waals surface area contributed by atoms with Gasteiger partial charge in [-0.15, -0.1) is 0 Å². The van der Waals surface area contributed by atoms with E-state index in [4.69, 9.17) is 18.9 Å². The van der Waals surface area contributed by atoms with Crippen LogP contribution in [-0.2, 0) is 35.1 Å². The number of aromatic nitrogens is 2. The zero-order chi connectivity index (χ0) is 41.9. The molecular formula is C41H67N7O8. The second-order valence-electron chi connectivity index (χ2n) is 18.3. The topological polar surface area (TPSA) is 148 Å². The molecule has 2 aromatic rings. The first-order valence-corrected chi connectivity index (χ1v) is 19.5. The SMILES string of the molecule is CC(C)(C)OC(=O)CN1CCN(CC(=O)OC(C)(C)C)CCN(Cc2cc(NC(=O)n3ccnc3)ccc2OC(C)(C)C)CCN(CC(=O)OC(C)(C)C)CC1. The molecule has 1 amide bonds. The molecule has 0 radical (unpaired) electrons. The fourth-order valence-electron chi connectivity index (χ4n) is 5.90. The Kier molecular flexibility index (Phi) is 16.5. The molecule has 1 aliphatic heterocycles.